The van der Waals surface area contributed by atoms with Crippen molar-refractivity contribution in [2.24, 2.45) is 17.1 Å². The molecule has 0 unspecified atom stereocenters. The van der Waals surface area contributed by atoms with E-state index < -0.39 is 9.84 Å². The maximum atomic E-state index is 11.7. The van der Waals surface area contributed by atoms with Gasteiger partial charge in [-0.15, -0.1) is 0 Å². The third kappa shape index (κ3) is 2.19. The fraction of sp³-hybridized carbons (Fsp3) is 1.00. The van der Waals surface area contributed by atoms with Crippen LogP contribution in [0.15, 0.2) is 0 Å². The Morgan fingerprint density at radius 1 is 1.53 bits per heavy atom. The zero-order chi connectivity index (χ0) is 11.7. The van der Waals surface area contributed by atoms with E-state index in [0.717, 1.165) is 0 Å². The minimum absolute atomic E-state index is 0.0135. The molecule has 1 aliphatic carbocycles. The average molecular weight is 235 g/mol. The van der Waals surface area contributed by atoms with Crippen LogP contribution in [0.1, 0.15) is 26.7 Å². The maximum absolute atomic E-state index is 11.7. The maximum Gasteiger partial charge on any atom is 0.152 e. The first-order valence-corrected chi connectivity index (χ1v) is 7.16. The van der Waals surface area contributed by atoms with Crippen molar-refractivity contribution in [3.8, 4) is 0 Å². The largest absolute Gasteiger partial charge is 0.396 e. The molecule has 1 saturated carbocycles. The highest BCUT2D eigenvalue weighted by atomic mass is 32.2. The number of sulfone groups is 1. The molecule has 3 N–H and O–H groups in total. The third-order valence-electron chi connectivity index (χ3n) is 3.93. The summed E-state index contributed by atoms with van der Waals surface area (Å²) >= 11 is 0. The van der Waals surface area contributed by atoms with Gasteiger partial charge in [-0.05, 0) is 18.8 Å². The molecule has 0 aliphatic heterocycles. The summed E-state index contributed by atoms with van der Waals surface area (Å²) in [5.41, 5.74) is 5.28. The van der Waals surface area contributed by atoms with Crippen LogP contribution in [0, 0.1) is 11.3 Å². The first kappa shape index (κ1) is 12.9. The van der Waals surface area contributed by atoms with Gasteiger partial charge in [0, 0.05) is 17.7 Å². The Bertz CT molecular complexity index is 309. The van der Waals surface area contributed by atoms with Crippen LogP contribution in [0.4, 0.5) is 0 Å². The van der Waals surface area contributed by atoms with Crippen LogP contribution in [0.5, 0.6) is 0 Å². The van der Waals surface area contributed by atoms with Crippen molar-refractivity contribution in [1.82, 2.24) is 0 Å². The Kier molecular flexibility index (Phi) is 3.79. The van der Waals surface area contributed by atoms with Crippen molar-refractivity contribution in [2.45, 2.75) is 31.9 Å². The highest BCUT2D eigenvalue weighted by Crippen LogP contribution is 2.44. The fourth-order valence-electron chi connectivity index (χ4n) is 2.46. The first-order valence-electron chi connectivity index (χ1n) is 5.44. The second kappa shape index (κ2) is 4.39. The summed E-state index contributed by atoms with van der Waals surface area (Å²) < 4.78 is 23.5. The van der Waals surface area contributed by atoms with Crippen LogP contribution in [-0.2, 0) is 9.84 Å². The van der Waals surface area contributed by atoms with Gasteiger partial charge >= 0.3 is 0 Å². The van der Waals surface area contributed by atoms with Gasteiger partial charge in [-0.1, -0.05) is 13.8 Å². The lowest BCUT2D eigenvalue weighted by Crippen LogP contribution is -2.37. The molecular formula is C10H21NO3S. The summed E-state index contributed by atoms with van der Waals surface area (Å²) in [5, 5.41) is 9.06. The lowest BCUT2D eigenvalue weighted by Gasteiger charge is -2.29. The molecule has 0 heterocycles. The minimum Gasteiger partial charge on any atom is -0.396 e. The molecule has 1 fully saturated rings. The van der Waals surface area contributed by atoms with Gasteiger partial charge in [-0.3, -0.25) is 0 Å². The predicted octanol–water partition coefficient (Wildman–Crippen LogP) is 0.157. The van der Waals surface area contributed by atoms with E-state index in [1.165, 1.54) is 0 Å². The molecule has 0 radical (unpaired) electrons. The van der Waals surface area contributed by atoms with Crippen molar-refractivity contribution in [2.75, 3.05) is 18.9 Å². The van der Waals surface area contributed by atoms with Gasteiger partial charge in [0.2, 0.25) is 0 Å². The molecule has 5 heteroatoms. The Morgan fingerprint density at radius 3 is 2.47 bits per heavy atom. The molecule has 90 valence electrons. The topological polar surface area (TPSA) is 80.4 Å². The Labute approximate surface area is 91.8 Å². The summed E-state index contributed by atoms with van der Waals surface area (Å²) in [6, 6.07) is 0. The molecule has 3 atom stereocenters. The molecule has 0 bridgehead atoms. The molecule has 0 spiro atoms. The smallest absolute Gasteiger partial charge is 0.152 e. The molecular weight excluding hydrogens is 214 g/mol. The second-order valence-corrected chi connectivity index (χ2v) is 7.21. The van der Waals surface area contributed by atoms with Gasteiger partial charge in [0.25, 0.3) is 0 Å². The van der Waals surface area contributed by atoms with E-state index in [2.05, 4.69) is 0 Å². The molecule has 0 saturated heterocycles. The van der Waals surface area contributed by atoms with E-state index in [1.807, 2.05) is 6.92 Å². The molecule has 1 aliphatic rings. The quantitative estimate of drug-likeness (QED) is 0.727. The van der Waals surface area contributed by atoms with Crippen molar-refractivity contribution in [3.63, 3.8) is 0 Å². The molecule has 0 aromatic rings. The Hall–Kier alpha value is -0.130. The van der Waals surface area contributed by atoms with E-state index >= 15 is 0 Å². The van der Waals surface area contributed by atoms with Gasteiger partial charge in [0.05, 0.1) is 11.9 Å². The van der Waals surface area contributed by atoms with E-state index in [4.69, 9.17) is 5.73 Å². The standard InChI is InChI=1S/C10H21NO3S/c1-3-15(13,14)9-4-8(2)10(5-9,6-11)7-12/h8-9,12H,3-7,11H2,1-2H3/t8-,9+,10-/m0/s1. The van der Waals surface area contributed by atoms with Crippen molar-refractivity contribution in [3.05, 3.63) is 0 Å². The lowest BCUT2D eigenvalue weighted by atomic mass is 9.80. The minimum atomic E-state index is -2.99. The first-order chi connectivity index (χ1) is 6.91. The summed E-state index contributed by atoms with van der Waals surface area (Å²) in [6.45, 7) is 4.00. The Morgan fingerprint density at radius 2 is 2.13 bits per heavy atom. The van der Waals surface area contributed by atoms with E-state index in [-0.39, 0.29) is 28.9 Å². The normalized spacial score (nSPS) is 37.1. The Balaban J connectivity index is 2.89. The SMILES string of the molecule is CCS(=O)(=O)[C@@H]1C[C@H](C)[C@@](CN)(CO)C1. The van der Waals surface area contributed by atoms with Crippen LogP contribution in [-0.4, -0.2) is 37.7 Å². The number of aliphatic hydroxyl groups is 1. The third-order valence-corrected chi connectivity index (χ3v) is 6.11. The van der Waals surface area contributed by atoms with Gasteiger partial charge in [0.1, 0.15) is 0 Å². The summed E-state index contributed by atoms with van der Waals surface area (Å²) in [6.07, 6.45) is 1.14. The summed E-state index contributed by atoms with van der Waals surface area (Å²) in [4.78, 5) is 0. The van der Waals surface area contributed by atoms with E-state index in [0.29, 0.717) is 19.4 Å². The van der Waals surface area contributed by atoms with E-state index in [9.17, 15) is 13.5 Å². The molecule has 15 heavy (non-hydrogen) atoms. The number of rotatable bonds is 4. The zero-order valence-electron chi connectivity index (χ0n) is 9.44. The molecule has 0 amide bonds. The molecule has 4 nitrogen and oxygen atoms in total. The van der Waals surface area contributed by atoms with E-state index in [1.54, 1.807) is 6.92 Å². The second-order valence-electron chi connectivity index (χ2n) is 4.64. The molecule has 0 aromatic heterocycles. The number of hydrogen-bond donors (Lipinski definition) is 2. The predicted molar refractivity (Wildman–Crippen MR) is 60.2 cm³/mol. The van der Waals surface area contributed by atoms with Crippen molar-refractivity contribution in [1.29, 1.82) is 0 Å². The van der Waals surface area contributed by atoms with Gasteiger partial charge < -0.3 is 10.8 Å². The van der Waals surface area contributed by atoms with Gasteiger partial charge in [-0.25, -0.2) is 8.42 Å². The van der Waals surface area contributed by atoms with Gasteiger partial charge in [-0.2, -0.15) is 0 Å². The number of hydrogen-bond acceptors (Lipinski definition) is 4. The van der Waals surface area contributed by atoms with Crippen LogP contribution < -0.4 is 5.73 Å². The monoisotopic (exact) mass is 235 g/mol. The summed E-state index contributed by atoms with van der Waals surface area (Å²) in [7, 11) is -2.99. The summed E-state index contributed by atoms with van der Waals surface area (Å²) in [5.74, 6) is 0.357. The molecule has 1 rings (SSSR count). The van der Waals surface area contributed by atoms with Crippen molar-refractivity contribution < 1.29 is 13.5 Å². The fourth-order valence-corrected chi connectivity index (χ4v) is 4.10. The van der Waals surface area contributed by atoms with Crippen LogP contribution >= 0.6 is 0 Å². The van der Waals surface area contributed by atoms with Crippen molar-refractivity contribution >= 4 is 9.84 Å². The number of aliphatic hydroxyl groups excluding tert-OH is 1. The number of nitrogens with two attached hydrogens (primary N) is 1. The van der Waals surface area contributed by atoms with Crippen LogP contribution in [0.25, 0.3) is 0 Å². The lowest BCUT2D eigenvalue weighted by molar-refractivity contribution is 0.0996. The highest BCUT2D eigenvalue weighted by molar-refractivity contribution is 7.92. The van der Waals surface area contributed by atoms with Crippen LogP contribution in [0.3, 0.4) is 0 Å². The average Bonchev–Trinajstić information content (AvgIpc) is 2.57. The highest BCUT2D eigenvalue weighted by Gasteiger charge is 2.47. The molecule has 0 aromatic carbocycles. The van der Waals surface area contributed by atoms with Gasteiger partial charge in [0.15, 0.2) is 9.84 Å². The zero-order valence-corrected chi connectivity index (χ0v) is 10.3. The van der Waals surface area contributed by atoms with Crippen LogP contribution in [0.2, 0.25) is 0 Å².